The highest BCUT2D eigenvalue weighted by Crippen LogP contribution is 2.22. The van der Waals surface area contributed by atoms with Crippen LogP contribution in [-0.2, 0) is 17.7 Å². The molecule has 1 aliphatic rings. The lowest BCUT2D eigenvalue weighted by Crippen LogP contribution is -2.29. The van der Waals surface area contributed by atoms with Gasteiger partial charge in [0.05, 0.1) is 11.9 Å². The molecule has 1 amide bonds. The molecule has 98 valence electrons. The van der Waals surface area contributed by atoms with Gasteiger partial charge in [-0.25, -0.2) is 4.79 Å². The van der Waals surface area contributed by atoms with Crippen LogP contribution in [0.15, 0.2) is 12.4 Å². The van der Waals surface area contributed by atoms with Crippen molar-refractivity contribution in [1.29, 1.82) is 0 Å². The summed E-state index contributed by atoms with van der Waals surface area (Å²) in [5, 5.41) is 6.05. The van der Waals surface area contributed by atoms with E-state index in [1.54, 1.807) is 6.20 Å². The summed E-state index contributed by atoms with van der Waals surface area (Å²) in [6, 6.07) is 0. The minimum absolute atomic E-state index is 0.434. The second-order valence-corrected chi connectivity index (χ2v) is 5.38. The predicted molar refractivity (Wildman–Crippen MR) is 69.5 cm³/mol. The Kier molecular flexibility index (Phi) is 3.52. The molecule has 0 fully saturated rings. The standard InChI is InChI=1S/C13H19N3O2/c1-13(2,3)18-12(17)16-11-8-15-7-9-6-14-5-4-10(9)11/h7-8,14H,4-6H2,1-3H3,(H,16,17). The van der Waals surface area contributed by atoms with Crippen molar-refractivity contribution in [2.24, 2.45) is 0 Å². The summed E-state index contributed by atoms with van der Waals surface area (Å²) in [6.45, 7) is 7.24. The van der Waals surface area contributed by atoms with Crippen molar-refractivity contribution in [2.45, 2.75) is 39.3 Å². The molecule has 0 atom stereocenters. The Morgan fingerprint density at radius 3 is 2.94 bits per heavy atom. The van der Waals surface area contributed by atoms with Crippen molar-refractivity contribution in [2.75, 3.05) is 11.9 Å². The third-order valence-corrected chi connectivity index (χ3v) is 2.65. The molecule has 0 saturated carbocycles. The van der Waals surface area contributed by atoms with Gasteiger partial charge in [0.2, 0.25) is 0 Å². The van der Waals surface area contributed by atoms with E-state index in [2.05, 4.69) is 15.6 Å². The summed E-state index contributed by atoms with van der Waals surface area (Å²) in [5.74, 6) is 0. The largest absolute Gasteiger partial charge is 0.444 e. The molecule has 2 rings (SSSR count). The van der Waals surface area contributed by atoms with Crippen molar-refractivity contribution in [3.8, 4) is 0 Å². The van der Waals surface area contributed by atoms with Crippen LogP contribution in [0.5, 0.6) is 0 Å². The number of aromatic nitrogens is 1. The first-order valence-corrected chi connectivity index (χ1v) is 6.12. The maximum absolute atomic E-state index is 11.7. The highest BCUT2D eigenvalue weighted by atomic mass is 16.6. The molecule has 0 spiro atoms. The fraction of sp³-hybridized carbons (Fsp3) is 0.538. The van der Waals surface area contributed by atoms with Crippen LogP contribution < -0.4 is 10.6 Å². The van der Waals surface area contributed by atoms with E-state index in [1.807, 2.05) is 27.0 Å². The van der Waals surface area contributed by atoms with E-state index in [0.29, 0.717) is 0 Å². The van der Waals surface area contributed by atoms with E-state index in [4.69, 9.17) is 4.74 Å². The number of ether oxygens (including phenoxy) is 1. The zero-order valence-corrected chi connectivity index (χ0v) is 11.0. The number of hydrogen-bond donors (Lipinski definition) is 2. The number of amides is 1. The van der Waals surface area contributed by atoms with E-state index in [1.165, 1.54) is 0 Å². The van der Waals surface area contributed by atoms with Crippen molar-refractivity contribution in [3.63, 3.8) is 0 Å². The molecule has 2 N–H and O–H groups in total. The first kappa shape index (κ1) is 12.8. The Labute approximate surface area is 107 Å². The molecule has 1 aromatic rings. The summed E-state index contributed by atoms with van der Waals surface area (Å²) >= 11 is 0. The Morgan fingerprint density at radius 2 is 2.22 bits per heavy atom. The SMILES string of the molecule is CC(C)(C)OC(=O)Nc1cncc2c1CCNC2. The molecule has 0 saturated heterocycles. The topological polar surface area (TPSA) is 63.2 Å². The molecule has 0 unspecified atom stereocenters. The summed E-state index contributed by atoms with van der Waals surface area (Å²) in [4.78, 5) is 15.9. The average Bonchev–Trinajstić information content (AvgIpc) is 2.27. The van der Waals surface area contributed by atoms with Crippen molar-refractivity contribution in [3.05, 3.63) is 23.5 Å². The minimum atomic E-state index is -0.492. The number of fused-ring (bicyclic) bond motifs is 1. The fourth-order valence-electron chi connectivity index (χ4n) is 1.94. The monoisotopic (exact) mass is 249 g/mol. The number of pyridine rings is 1. The van der Waals surface area contributed by atoms with E-state index in [0.717, 1.165) is 36.3 Å². The van der Waals surface area contributed by atoms with E-state index in [9.17, 15) is 4.79 Å². The average molecular weight is 249 g/mol. The smallest absolute Gasteiger partial charge is 0.412 e. The van der Waals surface area contributed by atoms with Gasteiger partial charge < -0.3 is 10.1 Å². The molecule has 2 heterocycles. The van der Waals surface area contributed by atoms with E-state index < -0.39 is 11.7 Å². The Morgan fingerprint density at radius 1 is 1.44 bits per heavy atom. The Bertz CT molecular complexity index is 452. The first-order valence-electron chi connectivity index (χ1n) is 6.12. The molecule has 5 heteroatoms. The number of nitrogens with one attached hydrogen (secondary N) is 2. The van der Waals surface area contributed by atoms with Crippen LogP contribution >= 0.6 is 0 Å². The third kappa shape index (κ3) is 3.20. The van der Waals surface area contributed by atoms with Gasteiger partial charge in [-0.15, -0.1) is 0 Å². The molecule has 0 aliphatic carbocycles. The van der Waals surface area contributed by atoms with Gasteiger partial charge in [-0.2, -0.15) is 0 Å². The third-order valence-electron chi connectivity index (χ3n) is 2.65. The minimum Gasteiger partial charge on any atom is -0.444 e. The molecule has 18 heavy (non-hydrogen) atoms. The summed E-state index contributed by atoms with van der Waals surface area (Å²) in [5.41, 5.74) is 2.54. The van der Waals surface area contributed by atoms with Crippen LogP contribution in [0.1, 0.15) is 31.9 Å². The zero-order valence-electron chi connectivity index (χ0n) is 11.0. The van der Waals surface area contributed by atoms with Crippen molar-refractivity contribution >= 4 is 11.8 Å². The lowest BCUT2D eigenvalue weighted by Gasteiger charge is -2.22. The molecular formula is C13H19N3O2. The van der Waals surface area contributed by atoms with Crippen LogP contribution in [0.2, 0.25) is 0 Å². The molecule has 0 aromatic carbocycles. The number of carbonyl (C=O) groups excluding carboxylic acids is 1. The maximum atomic E-state index is 11.7. The van der Waals surface area contributed by atoms with Gasteiger partial charge in [0, 0.05) is 12.7 Å². The van der Waals surface area contributed by atoms with Gasteiger partial charge in [-0.3, -0.25) is 10.3 Å². The van der Waals surface area contributed by atoms with Crippen molar-refractivity contribution in [1.82, 2.24) is 10.3 Å². The summed E-state index contributed by atoms with van der Waals surface area (Å²) in [6.07, 6.45) is 3.97. The van der Waals surface area contributed by atoms with Crippen LogP contribution in [0, 0.1) is 0 Å². The second kappa shape index (κ2) is 4.94. The normalized spacial score (nSPS) is 14.8. The quantitative estimate of drug-likeness (QED) is 0.799. The zero-order chi connectivity index (χ0) is 13.2. The molecular weight excluding hydrogens is 230 g/mol. The van der Waals surface area contributed by atoms with Crippen LogP contribution in [0.4, 0.5) is 10.5 Å². The second-order valence-electron chi connectivity index (χ2n) is 5.38. The van der Waals surface area contributed by atoms with Gasteiger partial charge in [-0.05, 0) is 44.9 Å². The van der Waals surface area contributed by atoms with Crippen molar-refractivity contribution < 1.29 is 9.53 Å². The molecule has 0 bridgehead atoms. The number of carbonyl (C=O) groups is 1. The summed E-state index contributed by atoms with van der Waals surface area (Å²) < 4.78 is 5.24. The maximum Gasteiger partial charge on any atom is 0.412 e. The number of nitrogens with zero attached hydrogens (tertiary/aromatic N) is 1. The van der Waals surface area contributed by atoms with E-state index in [-0.39, 0.29) is 0 Å². The first-order chi connectivity index (χ1) is 8.46. The van der Waals surface area contributed by atoms with Crippen LogP contribution in [-0.4, -0.2) is 23.2 Å². The van der Waals surface area contributed by atoms with Gasteiger partial charge in [-0.1, -0.05) is 0 Å². The summed E-state index contributed by atoms with van der Waals surface area (Å²) in [7, 11) is 0. The highest BCUT2D eigenvalue weighted by molar-refractivity contribution is 5.86. The number of hydrogen-bond acceptors (Lipinski definition) is 4. The van der Waals surface area contributed by atoms with Crippen LogP contribution in [0.3, 0.4) is 0 Å². The Balaban J connectivity index is 2.12. The lowest BCUT2D eigenvalue weighted by atomic mass is 10.0. The lowest BCUT2D eigenvalue weighted by molar-refractivity contribution is 0.0635. The Hall–Kier alpha value is -1.62. The molecule has 1 aromatic heterocycles. The van der Waals surface area contributed by atoms with Gasteiger partial charge in [0.15, 0.2) is 0 Å². The number of rotatable bonds is 1. The predicted octanol–water partition coefficient (Wildman–Crippen LogP) is 2.07. The molecule has 0 radical (unpaired) electrons. The molecule has 5 nitrogen and oxygen atoms in total. The van der Waals surface area contributed by atoms with Gasteiger partial charge in [0.25, 0.3) is 0 Å². The van der Waals surface area contributed by atoms with Gasteiger partial charge in [0.1, 0.15) is 5.60 Å². The number of anilines is 1. The highest BCUT2D eigenvalue weighted by Gasteiger charge is 2.19. The molecule has 1 aliphatic heterocycles. The fourth-order valence-corrected chi connectivity index (χ4v) is 1.94. The van der Waals surface area contributed by atoms with Gasteiger partial charge >= 0.3 is 6.09 Å². The van der Waals surface area contributed by atoms with E-state index >= 15 is 0 Å². The van der Waals surface area contributed by atoms with Crippen LogP contribution in [0.25, 0.3) is 0 Å².